The number of pyridine rings is 1. The van der Waals surface area contributed by atoms with E-state index in [1.807, 2.05) is 17.5 Å². The fourth-order valence-electron chi connectivity index (χ4n) is 3.28. The van der Waals surface area contributed by atoms with Crippen molar-refractivity contribution >= 4 is 17.2 Å². The van der Waals surface area contributed by atoms with Gasteiger partial charge in [0, 0.05) is 49.3 Å². The standard InChI is InChI=1S/C19H22N6OS/c26-18(11-15-13-27-19(22-15)14-5-4-8-20-12-14)21-9-7-17-24-23-16-6-2-1-3-10-25(16)17/h4-5,8,12-13H,1-3,6-7,9-11H2,(H,21,26). The molecule has 1 amide bonds. The van der Waals surface area contributed by atoms with Gasteiger partial charge in [-0.05, 0) is 25.0 Å². The van der Waals surface area contributed by atoms with Gasteiger partial charge in [-0.15, -0.1) is 21.5 Å². The van der Waals surface area contributed by atoms with E-state index in [4.69, 9.17) is 0 Å². The summed E-state index contributed by atoms with van der Waals surface area (Å²) in [4.78, 5) is 20.9. The normalized spacial score (nSPS) is 13.8. The third-order valence-corrected chi connectivity index (χ3v) is 5.60. The van der Waals surface area contributed by atoms with E-state index in [1.165, 1.54) is 30.6 Å². The predicted octanol–water partition coefficient (Wildman–Crippen LogP) is 2.42. The molecule has 0 saturated heterocycles. The van der Waals surface area contributed by atoms with Crippen molar-refractivity contribution in [3.8, 4) is 10.6 Å². The lowest BCUT2D eigenvalue weighted by atomic mass is 10.2. The summed E-state index contributed by atoms with van der Waals surface area (Å²) in [5.74, 6) is 2.03. The number of aromatic nitrogens is 5. The van der Waals surface area contributed by atoms with Gasteiger partial charge >= 0.3 is 0 Å². The van der Waals surface area contributed by atoms with Crippen molar-refractivity contribution in [2.24, 2.45) is 0 Å². The van der Waals surface area contributed by atoms with Gasteiger partial charge in [-0.25, -0.2) is 4.98 Å². The van der Waals surface area contributed by atoms with E-state index in [-0.39, 0.29) is 12.3 Å². The molecule has 0 spiro atoms. The molecular weight excluding hydrogens is 360 g/mol. The van der Waals surface area contributed by atoms with Gasteiger partial charge in [0.15, 0.2) is 0 Å². The van der Waals surface area contributed by atoms with E-state index in [0.29, 0.717) is 13.0 Å². The van der Waals surface area contributed by atoms with Crippen molar-refractivity contribution in [3.05, 3.63) is 47.2 Å². The van der Waals surface area contributed by atoms with E-state index in [1.54, 1.807) is 12.4 Å². The molecule has 0 atom stereocenters. The zero-order chi connectivity index (χ0) is 18.5. The highest BCUT2D eigenvalue weighted by Crippen LogP contribution is 2.22. The molecule has 7 nitrogen and oxygen atoms in total. The van der Waals surface area contributed by atoms with Gasteiger partial charge in [0.1, 0.15) is 16.7 Å². The largest absolute Gasteiger partial charge is 0.355 e. The highest BCUT2D eigenvalue weighted by molar-refractivity contribution is 7.13. The monoisotopic (exact) mass is 382 g/mol. The average molecular weight is 382 g/mol. The lowest BCUT2D eigenvalue weighted by molar-refractivity contribution is -0.120. The van der Waals surface area contributed by atoms with Gasteiger partial charge < -0.3 is 9.88 Å². The maximum Gasteiger partial charge on any atom is 0.226 e. The van der Waals surface area contributed by atoms with Crippen molar-refractivity contribution < 1.29 is 4.79 Å². The van der Waals surface area contributed by atoms with Crippen molar-refractivity contribution in [2.75, 3.05) is 6.54 Å². The first kappa shape index (κ1) is 17.8. The van der Waals surface area contributed by atoms with Crippen LogP contribution in [0.15, 0.2) is 29.9 Å². The second-order valence-electron chi connectivity index (χ2n) is 6.66. The summed E-state index contributed by atoms with van der Waals surface area (Å²) in [6.45, 7) is 1.55. The fraction of sp³-hybridized carbons (Fsp3) is 0.421. The summed E-state index contributed by atoms with van der Waals surface area (Å²) >= 11 is 1.53. The molecule has 0 unspecified atom stereocenters. The van der Waals surface area contributed by atoms with Crippen LogP contribution in [0.4, 0.5) is 0 Å². The Morgan fingerprint density at radius 2 is 2.22 bits per heavy atom. The Morgan fingerprint density at radius 1 is 1.26 bits per heavy atom. The van der Waals surface area contributed by atoms with Crippen LogP contribution in [-0.2, 0) is 30.6 Å². The number of nitrogens with zero attached hydrogens (tertiary/aromatic N) is 5. The quantitative estimate of drug-likeness (QED) is 0.708. The maximum atomic E-state index is 12.2. The Balaban J connectivity index is 1.28. The zero-order valence-electron chi connectivity index (χ0n) is 15.1. The van der Waals surface area contributed by atoms with Crippen LogP contribution < -0.4 is 5.32 Å². The van der Waals surface area contributed by atoms with Crippen LogP contribution in [0.2, 0.25) is 0 Å². The first-order chi connectivity index (χ1) is 13.3. The minimum Gasteiger partial charge on any atom is -0.355 e. The number of hydrogen-bond acceptors (Lipinski definition) is 6. The third kappa shape index (κ3) is 4.39. The van der Waals surface area contributed by atoms with E-state index < -0.39 is 0 Å². The summed E-state index contributed by atoms with van der Waals surface area (Å²) in [5, 5.41) is 14.4. The fourth-order valence-corrected chi connectivity index (χ4v) is 4.09. The number of thiazole rings is 1. The molecule has 1 aliphatic heterocycles. The molecule has 0 fully saturated rings. The first-order valence-corrected chi connectivity index (χ1v) is 10.2. The lowest BCUT2D eigenvalue weighted by Gasteiger charge is -2.07. The minimum atomic E-state index is -0.0198. The maximum absolute atomic E-state index is 12.2. The Bertz CT molecular complexity index is 904. The number of aryl methyl sites for hydroxylation is 1. The van der Waals surface area contributed by atoms with E-state index in [0.717, 1.165) is 40.9 Å². The van der Waals surface area contributed by atoms with Crippen molar-refractivity contribution in [3.63, 3.8) is 0 Å². The van der Waals surface area contributed by atoms with Gasteiger partial charge in [-0.3, -0.25) is 9.78 Å². The van der Waals surface area contributed by atoms with Gasteiger partial charge in [0.25, 0.3) is 0 Å². The molecule has 0 bridgehead atoms. The van der Waals surface area contributed by atoms with Crippen LogP contribution in [0.3, 0.4) is 0 Å². The lowest BCUT2D eigenvalue weighted by Crippen LogP contribution is -2.28. The molecule has 140 valence electrons. The van der Waals surface area contributed by atoms with Gasteiger partial charge in [-0.1, -0.05) is 6.42 Å². The van der Waals surface area contributed by atoms with Crippen LogP contribution in [0, 0.1) is 0 Å². The van der Waals surface area contributed by atoms with Crippen molar-refractivity contribution in [1.82, 2.24) is 30.0 Å². The third-order valence-electron chi connectivity index (χ3n) is 4.66. The highest BCUT2D eigenvalue weighted by Gasteiger charge is 2.15. The number of hydrogen-bond donors (Lipinski definition) is 1. The molecule has 27 heavy (non-hydrogen) atoms. The molecule has 0 aliphatic carbocycles. The summed E-state index contributed by atoms with van der Waals surface area (Å²) in [6, 6.07) is 3.85. The number of rotatable bonds is 6. The van der Waals surface area contributed by atoms with Crippen molar-refractivity contribution in [1.29, 1.82) is 0 Å². The first-order valence-electron chi connectivity index (χ1n) is 9.32. The Kier molecular flexibility index (Phi) is 5.53. The predicted molar refractivity (Wildman–Crippen MR) is 103 cm³/mol. The second kappa shape index (κ2) is 8.39. The van der Waals surface area contributed by atoms with Crippen LogP contribution >= 0.6 is 11.3 Å². The van der Waals surface area contributed by atoms with Crippen LogP contribution in [-0.4, -0.2) is 37.2 Å². The highest BCUT2D eigenvalue weighted by atomic mass is 32.1. The molecule has 1 N–H and O–H groups in total. The molecule has 3 aromatic heterocycles. The Hall–Kier alpha value is -2.61. The number of carbonyl (C=O) groups excluding carboxylic acids is 1. The number of nitrogens with one attached hydrogen (secondary N) is 1. The van der Waals surface area contributed by atoms with E-state index >= 15 is 0 Å². The SMILES string of the molecule is O=C(Cc1csc(-c2cccnc2)n1)NCCc1nnc2n1CCCCC2. The van der Waals surface area contributed by atoms with Gasteiger partial charge in [-0.2, -0.15) is 0 Å². The molecule has 4 heterocycles. The number of amides is 1. The molecule has 0 saturated carbocycles. The summed E-state index contributed by atoms with van der Waals surface area (Å²) in [7, 11) is 0. The summed E-state index contributed by atoms with van der Waals surface area (Å²) in [5.41, 5.74) is 1.76. The van der Waals surface area contributed by atoms with Crippen molar-refractivity contribution in [2.45, 2.75) is 45.1 Å². The molecule has 1 aliphatic rings. The summed E-state index contributed by atoms with van der Waals surface area (Å²) in [6.07, 6.45) is 9.11. The molecule has 4 rings (SSSR count). The van der Waals surface area contributed by atoms with Crippen LogP contribution in [0.1, 0.15) is 36.6 Å². The molecule has 0 aromatic carbocycles. The van der Waals surface area contributed by atoms with Gasteiger partial charge in [0.2, 0.25) is 5.91 Å². The molecule has 3 aromatic rings. The molecule has 0 radical (unpaired) electrons. The smallest absolute Gasteiger partial charge is 0.226 e. The molecule has 8 heteroatoms. The van der Waals surface area contributed by atoms with E-state index in [9.17, 15) is 4.79 Å². The Labute approximate surface area is 161 Å². The van der Waals surface area contributed by atoms with Crippen LogP contribution in [0.25, 0.3) is 10.6 Å². The summed E-state index contributed by atoms with van der Waals surface area (Å²) < 4.78 is 2.22. The van der Waals surface area contributed by atoms with E-state index in [2.05, 4.69) is 30.0 Å². The minimum absolute atomic E-state index is 0.0198. The molecular formula is C19H22N6OS. The number of carbonyl (C=O) groups is 1. The second-order valence-corrected chi connectivity index (χ2v) is 7.52. The average Bonchev–Trinajstić information content (AvgIpc) is 3.23. The van der Waals surface area contributed by atoms with Gasteiger partial charge in [0.05, 0.1) is 12.1 Å². The topological polar surface area (TPSA) is 85.6 Å². The zero-order valence-corrected chi connectivity index (χ0v) is 15.9. The Morgan fingerprint density at radius 3 is 3.11 bits per heavy atom. The number of fused-ring (bicyclic) bond motifs is 1. The van der Waals surface area contributed by atoms with Crippen LogP contribution in [0.5, 0.6) is 0 Å².